The Bertz CT molecular complexity index is 881. The topological polar surface area (TPSA) is 26.3 Å². The van der Waals surface area contributed by atoms with Gasteiger partial charge in [-0.15, -0.1) is 0 Å². The highest BCUT2D eigenvalue weighted by atomic mass is 19.2. The summed E-state index contributed by atoms with van der Waals surface area (Å²) in [7, 11) is 0. The Morgan fingerprint density at radius 1 is 0.879 bits per heavy atom. The van der Waals surface area contributed by atoms with E-state index in [1.807, 2.05) is 12.1 Å². The molecular formula is C28H35F3O2. The molecule has 0 heterocycles. The van der Waals surface area contributed by atoms with Crippen molar-refractivity contribution in [1.29, 1.82) is 0 Å². The van der Waals surface area contributed by atoms with Crippen molar-refractivity contribution < 1.29 is 22.7 Å². The minimum atomic E-state index is -1.58. The predicted molar refractivity (Wildman–Crippen MR) is 125 cm³/mol. The number of halogens is 3. The van der Waals surface area contributed by atoms with Gasteiger partial charge >= 0.3 is 5.97 Å². The molecule has 2 nitrogen and oxygen atoms in total. The van der Waals surface area contributed by atoms with Crippen LogP contribution in [0.3, 0.4) is 0 Å². The molecule has 0 aliphatic heterocycles. The number of benzene rings is 2. The fraction of sp³-hybridized carbons (Fsp3) is 0.536. The van der Waals surface area contributed by atoms with Crippen molar-refractivity contribution in [2.45, 2.75) is 89.9 Å². The molecule has 0 unspecified atom stereocenters. The summed E-state index contributed by atoms with van der Waals surface area (Å²) < 4.78 is 45.3. The van der Waals surface area contributed by atoms with E-state index in [9.17, 15) is 18.0 Å². The molecule has 0 aromatic heterocycles. The Morgan fingerprint density at radius 3 is 2.15 bits per heavy atom. The van der Waals surface area contributed by atoms with Gasteiger partial charge in [0.25, 0.3) is 0 Å². The molecule has 1 fully saturated rings. The monoisotopic (exact) mass is 460 g/mol. The lowest BCUT2D eigenvalue weighted by Crippen LogP contribution is -2.18. The van der Waals surface area contributed by atoms with E-state index in [2.05, 4.69) is 6.92 Å². The van der Waals surface area contributed by atoms with Gasteiger partial charge in [-0.05, 0) is 49.1 Å². The number of unbranched alkanes of at least 4 members (excludes halogenated alkanes) is 6. The van der Waals surface area contributed by atoms with Crippen molar-refractivity contribution in [2.75, 3.05) is 0 Å². The summed E-state index contributed by atoms with van der Waals surface area (Å²) in [6.07, 6.45) is 14.9. The van der Waals surface area contributed by atoms with E-state index in [0.29, 0.717) is 17.7 Å². The summed E-state index contributed by atoms with van der Waals surface area (Å²) in [5.41, 5.74) is 1.32. The number of esters is 1. The molecule has 3 rings (SSSR count). The fourth-order valence-electron chi connectivity index (χ4n) is 4.94. The van der Waals surface area contributed by atoms with Gasteiger partial charge in [-0.2, -0.15) is 0 Å². The van der Waals surface area contributed by atoms with Crippen molar-refractivity contribution >= 4 is 5.97 Å². The van der Waals surface area contributed by atoms with Gasteiger partial charge in [-0.1, -0.05) is 76.5 Å². The van der Waals surface area contributed by atoms with Crippen LogP contribution in [0.2, 0.25) is 0 Å². The smallest absolute Gasteiger partial charge is 0.343 e. The second kappa shape index (κ2) is 12.8. The summed E-state index contributed by atoms with van der Waals surface area (Å²) >= 11 is 0. The molecule has 0 N–H and O–H groups in total. The lowest BCUT2D eigenvalue weighted by Gasteiger charge is -2.29. The molecule has 1 saturated carbocycles. The Labute approximate surface area is 195 Å². The summed E-state index contributed by atoms with van der Waals surface area (Å²) in [4.78, 5) is 12.8. The summed E-state index contributed by atoms with van der Waals surface area (Å²) in [6, 6.07) is 8.64. The first kappa shape index (κ1) is 25.3. The molecule has 0 saturated heterocycles. The molecule has 0 spiro atoms. The van der Waals surface area contributed by atoms with Gasteiger partial charge in [0.05, 0.1) is 5.56 Å². The predicted octanol–water partition coefficient (Wildman–Crippen LogP) is 8.74. The van der Waals surface area contributed by atoms with Crippen molar-refractivity contribution in [2.24, 2.45) is 5.92 Å². The second-order valence-electron chi connectivity index (χ2n) is 9.31. The first-order valence-electron chi connectivity index (χ1n) is 12.4. The number of ether oxygens (including phenoxy) is 1. The van der Waals surface area contributed by atoms with Gasteiger partial charge in [-0.3, -0.25) is 0 Å². The average Bonchev–Trinajstić information content (AvgIpc) is 2.82. The first-order valence-corrected chi connectivity index (χ1v) is 12.4. The molecule has 0 amide bonds. The molecule has 0 radical (unpaired) electrons. The lowest BCUT2D eigenvalue weighted by molar-refractivity contribution is 0.0731. The van der Waals surface area contributed by atoms with Crippen LogP contribution >= 0.6 is 0 Å². The van der Waals surface area contributed by atoms with Crippen LogP contribution in [0.15, 0.2) is 36.4 Å². The van der Waals surface area contributed by atoms with Crippen LogP contribution in [0.1, 0.15) is 106 Å². The molecule has 5 heteroatoms. The highest BCUT2D eigenvalue weighted by Gasteiger charge is 2.26. The standard InChI is InChI=1S/C28H35F3O2/c1-2-3-4-5-6-7-8-11-20-14-16-21(17-15-20)23-12-9-10-13-24(23)28(32)33-22-18-25(29)27(31)26(30)19-22/h9-10,12-13,18-21H,2-8,11,14-17H2,1H3. The zero-order valence-electron chi connectivity index (χ0n) is 19.6. The Balaban J connectivity index is 1.52. The minimum Gasteiger partial charge on any atom is -0.423 e. The molecular weight excluding hydrogens is 425 g/mol. The highest BCUT2D eigenvalue weighted by molar-refractivity contribution is 5.92. The number of rotatable bonds is 11. The number of carbonyl (C=O) groups excluding carboxylic acids is 1. The average molecular weight is 461 g/mol. The molecule has 0 atom stereocenters. The fourth-order valence-corrected chi connectivity index (χ4v) is 4.94. The van der Waals surface area contributed by atoms with Crippen LogP contribution in [0, 0.1) is 23.4 Å². The Morgan fingerprint density at radius 2 is 1.48 bits per heavy atom. The SMILES string of the molecule is CCCCCCCCCC1CCC(c2ccccc2C(=O)Oc2cc(F)c(F)c(F)c2)CC1. The lowest BCUT2D eigenvalue weighted by atomic mass is 9.76. The molecule has 180 valence electrons. The summed E-state index contributed by atoms with van der Waals surface area (Å²) in [5.74, 6) is -4.35. The highest BCUT2D eigenvalue weighted by Crippen LogP contribution is 2.39. The van der Waals surface area contributed by atoms with Crippen LogP contribution in [0.5, 0.6) is 5.75 Å². The molecule has 33 heavy (non-hydrogen) atoms. The Hall–Kier alpha value is -2.30. The number of carbonyl (C=O) groups is 1. The molecule has 2 aromatic carbocycles. The van der Waals surface area contributed by atoms with E-state index in [0.717, 1.165) is 37.2 Å². The minimum absolute atomic E-state index is 0.265. The zero-order valence-corrected chi connectivity index (χ0v) is 19.6. The maximum absolute atomic E-state index is 13.5. The van der Waals surface area contributed by atoms with Crippen molar-refractivity contribution in [3.63, 3.8) is 0 Å². The summed E-state index contributed by atoms with van der Waals surface area (Å²) in [6.45, 7) is 2.24. The van der Waals surface area contributed by atoms with E-state index in [1.165, 1.54) is 51.4 Å². The van der Waals surface area contributed by atoms with Gasteiger partial charge in [0.2, 0.25) is 0 Å². The largest absolute Gasteiger partial charge is 0.423 e. The third kappa shape index (κ3) is 7.35. The van der Waals surface area contributed by atoms with Gasteiger partial charge in [0, 0.05) is 12.1 Å². The van der Waals surface area contributed by atoms with Crippen LogP contribution in [-0.2, 0) is 0 Å². The molecule has 0 bridgehead atoms. The zero-order chi connectivity index (χ0) is 23.6. The van der Waals surface area contributed by atoms with Crippen LogP contribution < -0.4 is 4.74 Å². The van der Waals surface area contributed by atoms with E-state index in [4.69, 9.17) is 4.74 Å². The summed E-state index contributed by atoms with van der Waals surface area (Å²) in [5, 5.41) is 0. The molecule has 2 aromatic rings. The van der Waals surface area contributed by atoms with Crippen LogP contribution in [0.25, 0.3) is 0 Å². The van der Waals surface area contributed by atoms with Crippen LogP contribution in [0.4, 0.5) is 13.2 Å². The van der Waals surface area contributed by atoms with Gasteiger partial charge in [0.15, 0.2) is 17.5 Å². The van der Waals surface area contributed by atoms with Gasteiger partial charge in [-0.25, -0.2) is 18.0 Å². The van der Waals surface area contributed by atoms with Crippen molar-refractivity contribution in [1.82, 2.24) is 0 Å². The second-order valence-corrected chi connectivity index (χ2v) is 9.31. The Kier molecular flexibility index (Phi) is 9.83. The number of hydrogen-bond donors (Lipinski definition) is 0. The van der Waals surface area contributed by atoms with Crippen molar-refractivity contribution in [3.8, 4) is 5.75 Å². The quantitative estimate of drug-likeness (QED) is 0.145. The first-order chi connectivity index (χ1) is 16.0. The van der Waals surface area contributed by atoms with E-state index < -0.39 is 23.4 Å². The van der Waals surface area contributed by atoms with E-state index in [-0.39, 0.29) is 11.7 Å². The van der Waals surface area contributed by atoms with Crippen molar-refractivity contribution in [3.05, 3.63) is 65.0 Å². The molecule has 1 aliphatic rings. The maximum Gasteiger partial charge on any atom is 0.343 e. The van der Waals surface area contributed by atoms with Crippen LogP contribution in [-0.4, -0.2) is 5.97 Å². The van der Waals surface area contributed by atoms with E-state index >= 15 is 0 Å². The van der Waals surface area contributed by atoms with E-state index in [1.54, 1.807) is 12.1 Å². The number of hydrogen-bond acceptors (Lipinski definition) is 2. The third-order valence-electron chi connectivity index (χ3n) is 6.85. The maximum atomic E-state index is 13.5. The normalized spacial score (nSPS) is 18.3. The van der Waals surface area contributed by atoms with Gasteiger partial charge < -0.3 is 4.74 Å². The molecule has 1 aliphatic carbocycles. The third-order valence-corrected chi connectivity index (χ3v) is 6.85. The van der Waals surface area contributed by atoms with Gasteiger partial charge in [0.1, 0.15) is 5.75 Å².